The van der Waals surface area contributed by atoms with Gasteiger partial charge in [0.2, 0.25) is 0 Å². The zero-order valence-electron chi connectivity index (χ0n) is 14.4. The number of rotatable bonds is 7. The molecule has 2 aromatic rings. The Morgan fingerprint density at radius 3 is 2.42 bits per heavy atom. The minimum absolute atomic E-state index is 0.0609. The summed E-state index contributed by atoms with van der Waals surface area (Å²) in [6, 6.07) is 9.44. The molecule has 0 radical (unpaired) electrons. The molecule has 0 fully saturated rings. The Morgan fingerprint density at radius 2 is 1.73 bits per heavy atom. The summed E-state index contributed by atoms with van der Waals surface area (Å²) >= 11 is 9.25. The smallest absolute Gasteiger partial charge is 0.347 e. The molecule has 0 unspecified atom stereocenters. The van der Waals surface area contributed by atoms with Crippen LogP contribution in [0.1, 0.15) is 40.5 Å². The maximum atomic E-state index is 12.7. The highest BCUT2D eigenvalue weighted by Gasteiger charge is 2.20. The first-order valence-electron chi connectivity index (χ1n) is 7.98. The van der Waals surface area contributed by atoms with Crippen LogP contribution in [0.25, 0.3) is 0 Å². The molecule has 138 valence electrons. The lowest BCUT2D eigenvalue weighted by atomic mass is 10.2. The fraction of sp³-hybridized carbons (Fsp3) is 0.263. The summed E-state index contributed by atoms with van der Waals surface area (Å²) in [6.07, 6.45) is 1.85. The maximum Gasteiger partial charge on any atom is 0.347 e. The highest BCUT2D eigenvalue weighted by molar-refractivity contribution is 9.10. The summed E-state index contributed by atoms with van der Waals surface area (Å²) in [7, 11) is 1.24. The van der Waals surface area contributed by atoms with E-state index in [2.05, 4.69) is 22.9 Å². The molecule has 0 saturated heterocycles. The minimum atomic E-state index is -0.649. The molecule has 2 aromatic carbocycles. The molecule has 0 aliphatic rings. The number of hydrogen-bond donors (Lipinski definition) is 0. The number of unbranched alkanes of at least 4 members (excludes halogenated alkanes) is 1. The number of hydrogen-bond acceptors (Lipinski definition) is 5. The summed E-state index contributed by atoms with van der Waals surface area (Å²) in [6.45, 7) is 2.54. The Labute approximate surface area is 165 Å². The van der Waals surface area contributed by atoms with Crippen molar-refractivity contribution < 1.29 is 23.8 Å². The fourth-order valence-electron chi connectivity index (χ4n) is 2.13. The molecule has 0 heterocycles. The first-order chi connectivity index (χ1) is 12.5. The number of carbonyl (C=O) groups is 2. The van der Waals surface area contributed by atoms with E-state index in [4.69, 9.17) is 25.8 Å². The van der Waals surface area contributed by atoms with Crippen molar-refractivity contribution in [3.8, 4) is 11.5 Å². The second-order valence-corrected chi connectivity index (χ2v) is 6.72. The van der Waals surface area contributed by atoms with Gasteiger partial charge in [0.15, 0.2) is 0 Å². The second kappa shape index (κ2) is 9.59. The van der Waals surface area contributed by atoms with E-state index in [0.717, 1.165) is 12.8 Å². The Kier molecular flexibility index (Phi) is 7.48. The van der Waals surface area contributed by atoms with Crippen molar-refractivity contribution in [3.63, 3.8) is 0 Å². The molecule has 5 nitrogen and oxygen atoms in total. The molecule has 0 amide bonds. The van der Waals surface area contributed by atoms with Gasteiger partial charge in [0.25, 0.3) is 0 Å². The van der Waals surface area contributed by atoms with Gasteiger partial charge in [-0.3, -0.25) is 0 Å². The van der Waals surface area contributed by atoms with Crippen LogP contribution in [0.15, 0.2) is 40.9 Å². The first kappa shape index (κ1) is 20.3. The van der Waals surface area contributed by atoms with Crippen molar-refractivity contribution >= 4 is 39.5 Å². The third-order valence-electron chi connectivity index (χ3n) is 3.47. The van der Waals surface area contributed by atoms with Gasteiger partial charge in [-0.05, 0) is 42.8 Å². The van der Waals surface area contributed by atoms with E-state index in [0.29, 0.717) is 21.9 Å². The normalized spacial score (nSPS) is 10.3. The average Bonchev–Trinajstić information content (AvgIpc) is 2.63. The van der Waals surface area contributed by atoms with Crippen LogP contribution in [0, 0.1) is 0 Å². The molecule has 26 heavy (non-hydrogen) atoms. The zero-order valence-corrected chi connectivity index (χ0v) is 16.7. The summed E-state index contributed by atoms with van der Waals surface area (Å²) in [5, 5.41) is 0.330. The van der Waals surface area contributed by atoms with Crippen molar-refractivity contribution in [2.24, 2.45) is 0 Å². The van der Waals surface area contributed by atoms with Crippen LogP contribution in [-0.2, 0) is 4.74 Å². The lowest BCUT2D eigenvalue weighted by molar-refractivity contribution is 0.0593. The van der Waals surface area contributed by atoms with E-state index in [9.17, 15) is 9.59 Å². The van der Waals surface area contributed by atoms with E-state index in [1.54, 1.807) is 18.2 Å². The molecule has 0 bridgehead atoms. The lowest BCUT2D eigenvalue weighted by Crippen LogP contribution is -2.14. The van der Waals surface area contributed by atoms with Gasteiger partial charge in [-0.1, -0.05) is 40.9 Å². The molecule has 2 rings (SSSR count). The lowest BCUT2D eigenvalue weighted by Gasteiger charge is -2.13. The van der Waals surface area contributed by atoms with Gasteiger partial charge in [0.1, 0.15) is 22.6 Å². The number of ether oxygens (including phenoxy) is 3. The Morgan fingerprint density at radius 1 is 1.04 bits per heavy atom. The van der Waals surface area contributed by atoms with Crippen LogP contribution in [0.3, 0.4) is 0 Å². The monoisotopic (exact) mass is 440 g/mol. The van der Waals surface area contributed by atoms with Crippen molar-refractivity contribution in [1.82, 2.24) is 0 Å². The minimum Gasteiger partial charge on any atom is -0.493 e. The summed E-state index contributed by atoms with van der Waals surface area (Å²) in [5.41, 5.74) is 0.318. The van der Waals surface area contributed by atoms with Crippen LogP contribution >= 0.6 is 27.5 Å². The Bertz CT molecular complexity index is 807. The first-order valence-corrected chi connectivity index (χ1v) is 9.15. The van der Waals surface area contributed by atoms with Gasteiger partial charge >= 0.3 is 11.9 Å². The van der Waals surface area contributed by atoms with Gasteiger partial charge in [-0.15, -0.1) is 0 Å². The zero-order chi connectivity index (χ0) is 19.1. The number of esters is 2. The molecule has 0 aliphatic heterocycles. The fourth-order valence-corrected chi connectivity index (χ4v) is 2.66. The van der Waals surface area contributed by atoms with Crippen molar-refractivity contribution in [2.45, 2.75) is 19.8 Å². The Balaban J connectivity index is 2.30. The summed E-state index contributed by atoms with van der Waals surface area (Å²) < 4.78 is 16.5. The maximum absolute atomic E-state index is 12.7. The molecule has 0 aromatic heterocycles. The van der Waals surface area contributed by atoms with Crippen molar-refractivity contribution in [3.05, 3.63) is 57.0 Å². The van der Waals surface area contributed by atoms with Gasteiger partial charge in [-0.25, -0.2) is 9.59 Å². The highest BCUT2D eigenvalue weighted by Crippen LogP contribution is 2.28. The van der Waals surface area contributed by atoms with Gasteiger partial charge in [0, 0.05) is 9.50 Å². The quantitative estimate of drug-likeness (QED) is 0.332. The standard InChI is InChI=1S/C19H18BrClO5/c1-3-4-9-25-16-7-5-12(20)10-14(16)19(23)26-17-8-6-13(21)11-15(17)18(22)24-2/h5-8,10-11H,3-4,9H2,1-2H3. The number of halogens is 2. The predicted octanol–water partition coefficient (Wildman–Crippen LogP) is 5.29. The molecule has 0 aliphatic carbocycles. The van der Waals surface area contributed by atoms with Crippen LogP contribution < -0.4 is 9.47 Å². The second-order valence-electron chi connectivity index (χ2n) is 5.36. The van der Waals surface area contributed by atoms with Crippen molar-refractivity contribution in [1.29, 1.82) is 0 Å². The van der Waals surface area contributed by atoms with Gasteiger partial charge < -0.3 is 14.2 Å². The summed E-state index contributed by atoms with van der Waals surface area (Å²) in [5.74, 6) is -0.819. The van der Waals surface area contributed by atoms with Crippen LogP contribution in [0.2, 0.25) is 5.02 Å². The average molecular weight is 442 g/mol. The van der Waals surface area contributed by atoms with E-state index < -0.39 is 11.9 Å². The molecular weight excluding hydrogens is 424 g/mol. The molecule has 0 atom stereocenters. The van der Waals surface area contributed by atoms with Crippen molar-refractivity contribution in [2.75, 3.05) is 13.7 Å². The SMILES string of the molecule is CCCCOc1ccc(Br)cc1C(=O)Oc1ccc(Cl)cc1C(=O)OC. The third kappa shape index (κ3) is 5.22. The molecular formula is C19H18BrClO5. The molecule has 0 N–H and O–H groups in total. The van der Waals surface area contributed by atoms with Crippen LogP contribution in [0.5, 0.6) is 11.5 Å². The summed E-state index contributed by atoms with van der Waals surface area (Å²) in [4.78, 5) is 24.6. The topological polar surface area (TPSA) is 61.8 Å². The number of methoxy groups -OCH3 is 1. The van der Waals surface area contributed by atoms with Crippen LogP contribution in [0.4, 0.5) is 0 Å². The number of carbonyl (C=O) groups excluding carboxylic acids is 2. The molecule has 7 heteroatoms. The largest absolute Gasteiger partial charge is 0.493 e. The Hall–Kier alpha value is -2.05. The molecule has 0 spiro atoms. The highest BCUT2D eigenvalue weighted by atomic mass is 79.9. The van der Waals surface area contributed by atoms with E-state index in [-0.39, 0.29) is 16.9 Å². The van der Waals surface area contributed by atoms with E-state index in [1.165, 1.54) is 25.3 Å². The van der Waals surface area contributed by atoms with Gasteiger partial charge in [-0.2, -0.15) is 0 Å². The molecule has 0 saturated carbocycles. The number of benzene rings is 2. The van der Waals surface area contributed by atoms with Gasteiger partial charge in [0.05, 0.1) is 13.7 Å². The van der Waals surface area contributed by atoms with E-state index in [1.807, 2.05) is 0 Å². The predicted molar refractivity (Wildman–Crippen MR) is 102 cm³/mol. The van der Waals surface area contributed by atoms with E-state index >= 15 is 0 Å². The third-order valence-corrected chi connectivity index (χ3v) is 4.19. The van der Waals surface area contributed by atoms with Crippen LogP contribution in [-0.4, -0.2) is 25.7 Å².